The van der Waals surface area contributed by atoms with E-state index in [4.69, 9.17) is 5.11 Å². The molecule has 2 fully saturated rings. The quantitative estimate of drug-likeness (QED) is 0.732. The number of piperidine rings is 1. The predicted molar refractivity (Wildman–Crippen MR) is 54.2 cm³/mol. The van der Waals surface area contributed by atoms with Crippen molar-refractivity contribution in [2.75, 3.05) is 6.54 Å². The van der Waals surface area contributed by atoms with Crippen LogP contribution in [0.1, 0.15) is 39.0 Å². The lowest BCUT2D eigenvalue weighted by Gasteiger charge is -2.47. The zero-order chi connectivity index (χ0) is 10.1. The van der Waals surface area contributed by atoms with E-state index in [1.165, 1.54) is 19.3 Å². The molecule has 1 aliphatic heterocycles. The Morgan fingerprint density at radius 3 is 2.57 bits per heavy atom. The molecule has 3 atom stereocenters. The molecule has 0 aromatic heterocycles. The molecule has 1 aliphatic carbocycles. The van der Waals surface area contributed by atoms with Crippen LogP contribution in [-0.2, 0) is 4.79 Å². The molecule has 1 N–H and O–H groups in total. The van der Waals surface area contributed by atoms with Gasteiger partial charge in [0.15, 0.2) is 0 Å². The number of carbonyl (C=O) groups is 1. The summed E-state index contributed by atoms with van der Waals surface area (Å²) in [5.74, 6) is -0.686. The van der Waals surface area contributed by atoms with Crippen LogP contribution < -0.4 is 0 Å². The second-order valence-electron chi connectivity index (χ2n) is 4.67. The average molecular weight is 197 g/mol. The van der Waals surface area contributed by atoms with Crippen LogP contribution in [0.4, 0.5) is 0 Å². The molecule has 0 aromatic carbocycles. The van der Waals surface area contributed by atoms with E-state index in [-0.39, 0.29) is 5.92 Å². The Balaban J connectivity index is 1.96. The Morgan fingerprint density at radius 1 is 1.29 bits per heavy atom. The molecular formula is C11H19NO2. The van der Waals surface area contributed by atoms with E-state index in [9.17, 15) is 4.79 Å². The number of hydrogen-bond donors (Lipinski definition) is 1. The molecule has 80 valence electrons. The number of rotatable bonds is 2. The van der Waals surface area contributed by atoms with Crippen molar-refractivity contribution in [3.8, 4) is 0 Å². The van der Waals surface area contributed by atoms with Gasteiger partial charge in [-0.3, -0.25) is 9.69 Å². The maximum atomic E-state index is 10.9. The Labute approximate surface area is 85.1 Å². The van der Waals surface area contributed by atoms with E-state index < -0.39 is 5.97 Å². The van der Waals surface area contributed by atoms with Gasteiger partial charge in [-0.05, 0) is 39.2 Å². The summed E-state index contributed by atoms with van der Waals surface area (Å²) in [6, 6.07) is 0.929. The van der Waals surface area contributed by atoms with Crippen LogP contribution in [0.15, 0.2) is 0 Å². The minimum absolute atomic E-state index is 0.0875. The standard InChI is InChI=1S/C11H19NO2/c1-8-4-2-3-7-12(8)10-6-5-9(10)11(13)14/h8-10H,2-7H2,1H3,(H,13,14). The fourth-order valence-corrected chi connectivity index (χ4v) is 2.78. The SMILES string of the molecule is CC1CCCCN1C1CCC1C(=O)O. The van der Waals surface area contributed by atoms with Gasteiger partial charge in [0.2, 0.25) is 0 Å². The molecule has 0 spiro atoms. The summed E-state index contributed by atoms with van der Waals surface area (Å²) >= 11 is 0. The molecule has 2 aliphatic rings. The summed E-state index contributed by atoms with van der Waals surface area (Å²) < 4.78 is 0. The molecule has 1 heterocycles. The van der Waals surface area contributed by atoms with Gasteiger partial charge in [0, 0.05) is 12.1 Å². The third-order valence-corrected chi connectivity index (χ3v) is 3.84. The van der Waals surface area contributed by atoms with Crippen molar-refractivity contribution in [3.05, 3.63) is 0 Å². The van der Waals surface area contributed by atoms with Crippen molar-refractivity contribution in [2.45, 2.75) is 51.1 Å². The molecule has 3 heteroatoms. The lowest BCUT2D eigenvalue weighted by molar-refractivity contribution is -0.150. The highest BCUT2D eigenvalue weighted by atomic mass is 16.4. The van der Waals surface area contributed by atoms with Crippen LogP contribution in [-0.4, -0.2) is 34.6 Å². The summed E-state index contributed by atoms with van der Waals surface area (Å²) in [7, 11) is 0. The highest BCUT2D eigenvalue weighted by Crippen LogP contribution is 2.35. The predicted octanol–water partition coefficient (Wildman–Crippen LogP) is 1.72. The van der Waals surface area contributed by atoms with Gasteiger partial charge in [-0.2, -0.15) is 0 Å². The minimum atomic E-state index is -0.598. The number of nitrogens with zero attached hydrogens (tertiary/aromatic N) is 1. The smallest absolute Gasteiger partial charge is 0.308 e. The van der Waals surface area contributed by atoms with E-state index in [1.54, 1.807) is 0 Å². The van der Waals surface area contributed by atoms with Gasteiger partial charge in [-0.15, -0.1) is 0 Å². The molecule has 0 amide bonds. The van der Waals surface area contributed by atoms with E-state index in [0.29, 0.717) is 12.1 Å². The highest BCUT2D eigenvalue weighted by Gasteiger charge is 2.42. The Hall–Kier alpha value is -0.570. The van der Waals surface area contributed by atoms with Gasteiger partial charge < -0.3 is 5.11 Å². The number of carboxylic acid groups (broad SMARTS) is 1. The van der Waals surface area contributed by atoms with Crippen molar-refractivity contribution in [1.29, 1.82) is 0 Å². The lowest BCUT2D eigenvalue weighted by atomic mass is 9.77. The fraction of sp³-hybridized carbons (Fsp3) is 0.909. The Bertz CT molecular complexity index is 229. The highest BCUT2D eigenvalue weighted by molar-refractivity contribution is 5.72. The largest absolute Gasteiger partial charge is 0.481 e. The maximum absolute atomic E-state index is 10.9. The molecule has 1 saturated heterocycles. The molecule has 2 rings (SSSR count). The van der Waals surface area contributed by atoms with Gasteiger partial charge in [-0.1, -0.05) is 6.42 Å². The summed E-state index contributed by atoms with van der Waals surface area (Å²) in [6.07, 6.45) is 5.75. The van der Waals surface area contributed by atoms with Gasteiger partial charge in [0.25, 0.3) is 0 Å². The fourth-order valence-electron chi connectivity index (χ4n) is 2.78. The van der Waals surface area contributed by atoms with Gasteiger partial charge >= 0.3 is 5.97 Å². The molecule has 3 nitrogen and oxygen atoms in total. The first-order chi connectivity index (χ1) is 6.70. The number of aliphatic carboxylic acids is 1. The van der Waals surface area contributed by atoms with E-state index in [2.05, 4.69) is 11.8 Å². The Morgan fingerprint density at radius 2 is 2.07 bits per heavy atom. The summed E-state index contributed by atoms with van der Waals surface area (Å²) in [6.45, 7) is 3.34. The molecule has 14 heavy (non-hydrogen) atoms. The first kappa shape index (κ1) is 9.97. The first-order valence-corrected chi connectivity index (χ1v) is 5.68. The van der Waals surface area contributed by atoms with Gasteiger partial charge in [-0.25, -0.2) is 0 Å². The molecular weight excluding hydrogens is 178 g/mol. The number of carboxylic acids is 1. The Kier molecular flexibility index (Phi) is 2.77. The third kappa shape index (κ3) is 1.65. The van der Waals surface area contributed by atoms with Crippen LogP contribution in [0.2, 0.25) is 0 Å². The van der Waals surface area contributed by atoms with Crippen LogP contribution in [0.25, 0.3) is 0 Å². The second-order valence-corrected chi connectivity index (χ2v) is 4.67. The maximum Gasteiger partial charge on any atom is 0.308 e. The van der Waals surface area contributed by atoms with Gasteiger partial charge in [0.1, 0.15) is 0 Å². The average Bonchev–Trinajstić information content (AvgIpc) is 2.05. The van der Waals surface area contributed by atoms with Gasteiger partial charge in [0.05, 0.1) is 5.92 Å². The van der Waals surface area contributed by atoms with Crippen molar-refractivity contribution in [3.63, 3.8) is 0 Å². The van der Waals surface area contributed by atoms with Crippen molar-refractivity contribution < 1.29 is 9.90 Å². The topological polar surface area (TPSA) is 40.5 Å². The monoisotopic (exact) mass is 197 g/mol. The number of likely N-dealkylation sites (tertiary alicyclic amines) is 1. The van der Waals surface area contributed by atoms with Crippen LogP contribution in [0.3, 0.4) is 0 Å². The summed E-state index contributed by atoms with van der Waals surface area (Å²) in [4.78, 5) is 13.3. The zero-order valence-corrected chi connectivity index (χ0v) is 8.78. The molecule has 0 radical (unpaired) electrons. The minimum Gasteiger partial charge on any atom is -0.481 e. The van der Waals surface area contributed by atoms with Crippen molar-refractivity contribution in [1.82, 2.24) is 4.90 Å². The van der Waals surface area contributed by atoms with E-state index in [0.717, 1.165) is 19.4 Å². The van der Waals surface area contributed by atoms with Crippen LogP contribution in [0, 0.1) is 5.92 Å². The van der Waals surface area contributed by atoms with Crippen molar-refractivity contribution >= 4 is 5.97 Å². The second kappa shape index (κ2) is 3.89. The van der Waals surface area contributed by atoms with E-state index in [1.807, 2.05) is 0 Å². The molecule has 1 saturated carbocycles. The lowest BCUT2D eigenvalue weighted by Crippen LogP contribution is -2.54. The molecule has 3 unspecified atom stereocenters. The summed E-state index contributed by atoms with van der Waals surface area (Å²) in [5.41, 5.74) is 0. The molecule has 0 bridgehead atoms. The van der Waals surface area contributed by atoms with Crippen molar-refractivity contribution in [2.24, 2.45) is 5.92 Å². The van der Waals surface area contributed by atoms with Crippen LogP contribution in [0.5, 0.6) is 0 Å². The third-order valence-electron chi connectivity index (χ3n) is 3.84. The number of hydrogen-bond acceptors (Lipinski definition) is 2. The normalized spacial score (nSPS) is 39.1. The van der Waals surface area contributed by atoms with Crippen LogP contribution >= 0.6 is 0 Å². The summed E-state index contributed by atoms with van der Waals surface area (Å²) in [5, 5.41) is 8.99. The van der Waals surface area contributed by atoms with E-state index >= 15 is 0 Å². The first-order valence-electron chi connectivity index (χ1n) is 5.68. The zero-order valence-electron chi connectivity index (χ0n) is 8.78. The molecule has 0 aromatic rings.